The second-order valence-electron chi connectivity index (χ2n) is 3.03. The number of halogens is 2. The lowest BCUT2D eigenvalue weighted by Crippen LogP contribution is -2.04. The van der Waals surface area contributed by atoms with Crippen molar-refractivity contribution < 1.29 is 28.3 Å². The van der Waals surface area contributed by atoms with Crippen LogP contribution >= 0.6 is 0 Å². The molecule has 6 nitrogen and oxygen atoms in total. The SMILES string of the molecule is O=C(O)C=Cc1ccc([N+](=O)[O-])c(OC(F)F)c1. The largest absolute Gasteiger partial charge is 0.478 e. The molecule has 0 aromatic heterocycles. The summed E-state index contributed by atoms with van der Waals surface area (Å²) >= 11 is 0. The quantitative estimate of drug-likeness (QED) is 0.497. The normalized spacial score (nSPS) is 10.8. The Morgan fingerprint density at radius 2 is 2.17 bits per heavy atom. The van der Waals surface area contributed by atoms with Crippen LogP contribution in [0.15, 0.2) is 24.3 Å². The fraction of sp³-hybridized carbons (Fsp3) is 0.100. The Morgan fingerprint density at radius 1 is 1.50 bits per heavy atom. The molecule has 0 aliphatic heterocycles. The van der Waals surface area contributed by atoms with Crippen molar-refractivity contribution in [1.82, 2.24) is 0 Å². The third-order valence-electron chi connectivity index (χ3n) is 1.81. The molecule has 8 heteroatoms. The first-order chi connectivity index (χ1) is 8.40. The summed E-state index contributed by atoms with van der Waals surface area (Å²) in [6, 6.07) is 3.14. The highest BCUT2D eigenvalue weighted by Gasteiger charge is 2.18. The minimum atomic E-state index is -3.21. The van der Waals surface area contributed by atoms with E-state index >= 15 is 0 Å². The number of hydrogen-bond acceptors (Lipinski definition) is 4. The van der Waals surface area contributed by atoms with Crippen molar-refractivity contribution in [2.45, 2.75) is 6.61 Å². The van der Waals surface area contributed by atoms with Crippen molar-refractivity contribution in [1.29, 1.82) is 0 Å². The fourth-order valence-corrected chi connectivity index (χ4v) is 1.14. The van der Waals surface area contributed by atoms with Gasteiger partial charge in [-0.15, -0.1) is 0 Å². The molecule has 0 amide bonds. The zero-order valence-electron chi connectivity index (χ0n) is 8.75. The Morgan fingerprint density at radius 3 is 2.67 bits per heavy atom. The molecule has 0 spiro atoms. The van der Waals surface area contributed by atoms with Gasteiger partial charge in [-0.25, -0.2) is 4.79 Å². The molecule has 96 valence electrons. The summed E-state index contributed by atoms with van der Waals surface area (Å²) in [6.45, 7) is -3.21. The van der Waals surface area contributed by atoms with E-state index in [2.05, 4.69) is 4.74 Å². The van der Waals surface area contributed by atoms with Gasteiger partial charge in [-0.1, -0.05) is 0 Å². The van der Waals surface area contributed by atoms with E-state index in [1.165, 1.54) is 6.07 Å². The lowest BCUT2D eigenvalue weighted by Gasteiger charge is -2.05. The zero-order chi connectivity index (χ0) is 13.7. The maximum Gasteiger partial charge on any atom is 0.387 e. The molecule has 0 saturated heterocycles. The molecule has 0 heterocycles. The molecule has 0 saturated carbocycles. The topological polar surface area (TPSA) is 89.7 Å². The van der Waals surface area contributed by atoms with Crippen molar-refractivity contribution in [2.75, 3.05) is 0 Å². The van der Waals surface area contributed by atoms with Gasteiger partial charge in [0.1, 0.15) is 0 Å². The number of hydrogen-bond donors (Lipinski definition) is 1. The number of nitro benzene ring substituents is 1. The van der Waals surface area contributed by atoms with Gasteiger partial charge in [0.15, 0.2) is 0 Å². The van der Waals surface area contributed by atoms with Crippen LogP contribution in [0.4, 0.5) is 14.5 Å². The number of nitrogens with zero attached hydrogens (tertiary/aromatic N) is 1. The summed E-state index contributed by atoms with van der Waals surface area (Å²) in [4.78, 5) is 19.9. The van der Waals surface area contributed by atoms with Gasteiger partial charge in [-0.2, -0.15) is 8.78 Å². The second-order valence-corrected chi connectivity index (χ2v) is 3.03. The molecular weight excluding hydrogens is 252 g/mol. The van der Waals surface area contributed by atoms with E-state index in [4.69, 9.17) is 5.11 Å². The van der Waals surface area contributed by atoms with Gasteiger partial charge in [-0.3, -0.25) is 10.1 Å². The molecule has 0 fully saturated rings. The zero-order valence-corrected chi connectivity index (χ0v) is 8.75. The number of carboxylic acids is 1. The number of carboxylic acid groups (broad SMARTS) is 1. The van der Waals surface area contributed by atoms with E-state index in [9.17, 15) is 23.7 Å². The number of ether oxygens (including phenoxy) is 1. The highest BCUT2D eigenvalue weighted by molar-refractivity contribution is 5.85. The molecule has 0 bridgehead atoms. The summed E-state index contributed by atoms with van der Waals surface area (Å²) in [5.74, 6) is -1.85. The molecule has 18 heavy (non-hydrogen) atoms. The number of benzene rings is 1. The average Bonchev–Trinajstić information content (AvgIpc) is 2.25. The van der Waals surface area contributed by atoms with Gasteiger partial charge in [0, 0.05) is 12.1 Å². The molecular formula is C10H7F2NO5. The van der Waals surface area contributed by atoms with Gasteiger partial charge in [0.2, 0.25) is 5.75 Å². The van der Waals surface area contributed by atoms with Crippen molar-refractivity contribution in [3.63, 3.8) is 0 Å². The summed E-state index contributed by atoms with van der Waals surface area (Å²) < 4.78 is 28.1. The van der Waals surface area contributed by atoms with E-state index in [-0.39, 0.29) is 5.56 Å². The first kappa shape index (κ1) is 13.6. The Labute approximate surface area is 99.3 Å². The number of carbonyl (C=O) groups is 1. The minimum Gasteiger partial charge on any atom is -0.478 e. The highest BCUT2D eigenvalue weighted by Crippen LogP contribution is 2.29. The van der Waals surface area contributed by atoms with Crippen LogP contribution in [0.3, 0.4) is 0 Å². The maximum atomic E-state index is 12.1. The Bertz CT molecular complexity index is 501. The van der Waals surface area contributed by atoms with Crippen molar-refractivity contribution in [2.24, 2.45) is 0 Å². The lowest BCUT2D eigenvalue weighted by atomic mass is 10.2. The Kier molecular flexibility index (Phi) is 4.30. The minimum absolute atomic E-state index is 0.193. The fourth-order valence-electron chi connectivity index (χ4n) is 1.14. The van der Waals surface area contributed by atoms with E-state index < -0.39 is 28.9 Å². The van der Waals surface area contributed by atoms with Gasteiger partial charge in [-0.05, 0) is 23.8 Å². The number of aliphatic carboxylic acids is 1. The number of alkyl halides is 2. The molecule has 0 radical (unpaired) electrons. The van der Waals surface area contributed by atoms with E-state index in [1.54, 1.807) is 0 Å². The van der Waals surface area contributed by atoms with Crippen LogP contribution < -0.4 is 4.74 Å². The van der Waals surface area contributed by atoms with Crippen LogP contribution in [0.2, 0.25) is 0 Å². The van der Waals surface area contributed by atoms with Crippen molar-refractivity contribution in [3.05, 3.63) is 40.0 Å². The molecule has 0 atom stereocenters. The van der Waals surface area contributed by atoms with Gasteiger partial charge < -0.3 is 9.84 Å². The van der Waals surface area contributed by atoms with Crippen LogP contribution in [-0.4, -0.2) is 22.6 Å². The van der Waals surface area contributed by atoms with E-state index in [1.807, 2.05) is 0 Å². The lowest BCUT2D eigenvalue weighted by molar-refractivity contribution is -0.386. The van der Waals surface area contributed by atoms with Gasteiger partial charge in [0.05, 0.1) is 4.92 Å². The molecule has 0 unspecified atom stereocenters. The summed E-state index contributed by atoms with van der Waals surface area (Å²) in [6.07, 6.45) is 1.87. The van der Waals surface area contributed by atoms with Crippen molar-refractivity contribution >= 4 is 17.7 Å². The standard InChI is InChI=1S/C10H7F2NO5/c11-10(12)18-8-5-6(2-4-9(14)15)1-3-7(8)13(16)17/h1-5,10H,(H,14,15). The highest BCUT2D eigenvalue weighted by atomic mass is 19.3. The predicted molar refractivity (Wildman–Crippen MR) is 56.4 cm³/mol. The summed E-state index contributed by atoms with van der Waals surface area (Å²) in [7, 11) is 0. The van der Waals surface area contributed by atoms with Crippen LogP contribution in [0.1, 0.15) is 5.56 Å². The smallest absolute Gasteiger partial charge is 0.387 e. The van der Waals surface area contributed by atoms with Crippen molar-refractivity contribution in [3.8, 4) is 5.75 Å². The van der Waals surface area contributed by atoms with Crippen LogP contribution in [0.5, 0.6) is 5.75 Å². The number of nitro groups is 1. The maximum absolute atomic E-state index is 12.1. The Balaban J connectivity index is 3.12. The first-order valence-corrected chi connectivity index (χ1v) is 4.54. The molecule has 1 aromatic carbocycles. The van der Waals surface area contributed by atoms with E-state index in [0.29, 0.717) is 0 Å². The van der Waals surface area contributed by atoms with Gasteiger partial charge >= 0.3 is 18.3 Å². The second kappa shape index (κ2) is 5.71. The van der Waals surface area contributed by atoms with E-state index in [0.717, 1.165) is 24.3 Å². The number of rotatable bonds is 5. The molecule has 1 rings (SSSR count). The predicted octanol–water partition coefficient (Wildman–Crippen LogP) is 2.29. The summed E-state index contributed by atoms with van der Waals surface area (Å²) in [5.41, 5.74) is -0.429. The third-order valence-corrected chi connectivity index (χ3v) is 1.81. The molecule has 1 aromatic rings. The van der Waals surface area contributed by atoms with Gasteiger partial charge in [0.25, 0.3) is 0 Å². The van der Waals surface area contributed by atoms with Crippen LogP contribution in [0.25, 0.3) is 6.08 Å². The molecule has 0 aliphatic carbocycles. The van der Waals surface area contributed by atoms with Crippen LogP contribution in [0, 0.1) is 10.1 Å². The third kappa shape index (κ3) is 3.81. The molecule has 0 aliphatic rings. The first-order valence-electron chi connectivity index (χ1n) is 4.54. The monoisotopic (exact) mass is 259 g/mol. The Hall–Kier alpha value is -2.51. The van der Waals surface area contributed by atoms with Crippen LogP contribution in [-0.2, 0) is 4.79 Å². The summed E-state index contributed by atoms with van der Waals surface area (Å²) in [5, 5.41) is 18.9. The average molecular weight is 259 g/mol. The molecule has 1 N–H and O–H groups in total.